The van der Waals surface area contributed by atoms with Gasteiger partial charge in [-0.2, -0.15) is 0 Å². The first-order chi connectivity index (χ1) is 11.8. The van der Waals surface area contributed by atoms with Gasteiger partial charge in [0.05, 0.1) is 5.56 Å². The zero-order valence-electron chi connectivity index (χ0n) is 14.3. The number of anilines is 1. The zero-order valence-corrected chi connectivity index (χ0v) is 15.2. The molecule has 0 radical (unpaired) electrons. The maximum Gasteiger partial charge on any atom is 0.335 e. The summed E-state index contributed by atoms with van der Waals surface area (Å²) in [5.74, 6) is -0.575. The third-order valence-electron chi connectivity index (χ3n) is 3.71. The predicted octanol–water partition coefficient (Wildman–Crippen LogP) is 4.09. The molecule has 132 valence electrons. The van der Waals surface area contributed by atoms with Gasteiger partial charge >= 0.3 is 5.97 Å². The van der Waals surface area contributed by atoms with Crippen LogP contribution in [0.1, 0.15) is 41.3 Å². The number of carbonyl (C=O) groups excluding carboxylic acids is 1. The molecule has 2 rings (SSSR count). The summed E-state index contributed by atoms with van der Waals surface area (Å²) in [6.07, 6.45) is 0. The van der Waals surface area contributed by atoms with E-state index in [0.29, 0.717) is 17.4 Å². The number of carboxylic acids is 1. The summed E-state index contributed by atoms with van der Waals surface area (Å²) in [6, 6.07) is 11.6. The van der Waals surface area contributed by atoms with Crippen molar-refractivity contribution in [3.05, 3.63) is 59.2 Å². The van der Waals surface area contributed by atoms with E-state index in [0.717, 1.165) is 5.56 Å². The van der Waals surface area contributed by atoms with Gasteiger partial charge in [-0.1, -0.05) is 26.0 Å². The first kappa shape index (κ1) is 18.9. The molecule has 1 amide bonds. The van der Waals surface area contributed by atoms with Gasteiger partial charge in [0.2, 0.25) is 5.44 Å². The number of nitrogens with one attached hydrogen (secondary N) is 1. The first-order valence-corrected chi connectivity index (χ1v) is 8.39. The van der Waals surface area contributed by atoms with Crippen LogP contribution >= 0.6 is 12.6 Å². The largest absolute Gasteiger partial charge is 0.478 e. The minimum Gasteiger partial charge on any atom is -0.478 e. The van der Waals surface area contributed by atoms with E-state index in [1.165, 1.54) is 17.7 Å². The lowest BCUT2D eigenvalue weighted by atomic mass is 9.98. The molecule has 1 unspecified atom stereocenters. The van der Waals surface area contributed by atoms with Crippen LogP contribution in [0.5, 0.6) is 5.75 Å². The van der Waals surface area contributed by atoms with Crippen LogP contribution in [0.25, 0.3) is 0 Å². The summed E-state index contributed by atoms with van der Waals surface area (Å²) in [5, 5.41) is 11.6. The number of amides is 1. The van der Waals surface area contributed by atoms with Crippen molar-refractivity contribution in [2.45, 2.75) is 32.1 Å². The molecule has 0 saturated heterocycles. The van der Waals surface area contributed by atoms with Gasteiger partial charge in [0.1, 0.15) is 5.75 Å². The van der Waals surface area contributed by atoms with Crippen LogP contribution in [0.2, 0.25) is 0 Å². The van der Waals surface area contributed by atoms with E-state index >= 15 is 0 Å². The molecule has 25 heavy (non-hydrogen) atoms. The van der Waals surface area contributed by atoms with E-state index in [4.69, 9.17) is 9.84 Å². The highest BCUT2D eigenvalue weighted by molar-refractivity contribution is 7.81. The van der Waals surface area contributed by atoms with Gasteiger partial charge in [0.15, 0.2) is 0 Å². The highest BCUT2D eigenvalue weighted by atomic mass is 32.1. The molecule has 2 aromatic rings. The van der Waals surface area contributed by atoms with Crippen molar-refractivity contribution < 1.29 is 19.4 Å². The van der Waals surface area contributed by atoms with Crippen molar-refractivity contribution in [2.24, 2.45) is 0 Å². The van der Waals surface area contributed by atoms with Gasteiger partial charge in [-0.3, -0.25) is 4.79 Å². The summed E-state index contributed by atoms with van der Waals surface area (Å²) in [5.41, 5.74) is 1.76. The quantitative estimate of drug-likeness (QED) is 0.536. The Balaban J connectivity index is 2.04. The van der Waals surface area contributed by atoms with Crippen molar-refractivity contribution >= 4 is 30.2 Å². The van der Waals surface area contributed by atoms with Gasteiger partial charge in [-0.05, 0) is 54.3 Å². The molecular weight excluding hydrogens is 338 g/mol. The van der Waals surface area contributed by atoms with E-state index < -0.39 is 17.3 Å². The number of aromatic carboxylic acids is 1. The lowest BCUT2D eigenvalue weighted by Crippen LogP contribution is -2.28. The molecule has 0 fully saturated rings. The second kappa shape index (κ2) is 8.07. The molecule has 0 aliphatic carbocycles. The predicted molar refractivity (Wildman–Crippen MR) is 101 cm³/mol. The maximum absolute atomic E-state index is 12.2. The average molecular weight is 359 g/mol. The van der Waals surface area contributed by atoms with Crippen molar-refractivity contribution in [1.29, 1.82) is 0 Å². The molecule has 0 aromatic heterocycles. The maximum atomic E-state index is 12.2. The van der Waals surface area contributed by atoms with Crippen LogP contribution in [0.15, 0.2) is 42.5 Å². The van der Waals surface area contributed by atoms with Crippen molar-refractivity contribution in [3.8, 4) is 5.75 Å². The van der Waals surface area contributed by atoms with Gasteiger partial charge < -0.3 is 15.2 Å². The molecule has 0 heterocycles. The fourth-order valence-electron chi connectivity index (χ4n) is 2.49. The second-order valence-corrected chi connectivity index (χ2v) is 6.49. The third-order valence-corrected chi connectivity index (χ3v) is 4.05. The minimum absolute atomic E-state index is 0.0920. The van der Waals surface area contributed by atoms with Gasteiger partial charge in [-0.15, -0.1) is 12.6 Å². The van der Waals surface area contributed by atoms with Gasteiger partial charge in [0, 0.05) is 5.69 Å². The smallest absolute Gasteiger partial charge is 0.335 e. The third kappa shape index (κ3) is 5.00. The highest BCUT2D eigenvalue weighted by Crippen LogP contribution is 2.24. The Morgan fingerprint density at radius 3 is 2.48 bits per heavy atom. The van der Waals surface area contributed by atoms with Crippen molar-refractivity contribution in [2.75, 3.05) is 5.32 Å². The summed E-state index contributed by atoms with van der Waals surface area (Å²) >= 11 is 4.18. The normalized spacial score (nSPS) is 11.9. The molecule has 0 spiro atoms. The van der Waals surface area contributed by atoms with Gasteiger partial charge in [-0.25, -0.2) is 4.79 Å². The number of aryl methyl sites for hydroxylation is 1. The zero-order chi connectivity index (χ0) is 18.6. The molecule has 1 atom stereocenters. The lowest BCUT2D eigenvalue weighted by molar-refractivity contribution is -0.119. The molecule has 0 aliphatic rings. The lowest BCUT2D eigenvalue weighted by Gasteiger charge is -2.16. The summed E-state index contributed by atoms with van der Waals surface area (Å²) < 4.78 is 5.58. The van der Waals surface area contributed by atoms with Crippen LogP contribution in [-0.2, 0) is 4.79 Å². The minimum atomic E-state index is -1.06. The SMILES string of the molecule is Cc1cc(OC(S)C(=O)Nc2cccc(C(=O)O)c2)ccc1C(C)C. The Labute approximate surface area is 152 Å². The number of hydrogen-bond acceptors (Lipinski definition) is 4. The van der Waals surface area contributed by atoms with Crippen LogP contribution < -0.4 is 10.1 Å². The van der Waals surface area contributed by atoms with Crippen LogP contribution in [-0.4, -0.2) is 22.4 Å². The standard InChI is InChI=1S/C19H21NO4S/c1-11(2)16-8-7-15(9-12(16)3)24-19(25)17(21)20-14-6-4-5-13(10-14)18(22)23/h4-11,19,25H,1-3H3,(H,20,21)(H,22,23). The number of thiol groups is 1. The molecule has 2 N–H and O–H groups in total. The monoisotopic (exact) mass is 359 g/mol. The molecule has 0 bridgehead atoms. The van der Waals surface area contributed by atoms with E-state index in [2.05, 4.69) is 31.8 Å². The number of hydrogen-bond donors (Lipinski definition) is 3. The summed E-state index contributed by atoms with van der Waals surface area (Å²) in [6.45, 7) is 6.22. The van der Waals surface area contributed by atoms with Crippen molar-refractivity contribution in [3.63, 3.8) is 0 Å². The number of carboxylic acid groups (broad SMARTS) is 1. The average Bonchev–Trinajstić information content (AvgIpc) is 2.54. The first-order valence-electron chi connectivity index (χ1n) is 7.87. The molecule has 6 heteroatoms. The summed E-state index contributed by atoms with van der Waals surface area (Å²) in [7, 11) is 0. The number of rotatable bonds is 6. The Morgan fingerprint density at radius 1 is 1.16 bits per heavy atom. The van der Waals surface area contributed by atoms with Crippen LogP contribution in [0.4, 0.5) is 5.69 Å². The highest BCUT2D eigenvalue weighted by Gasteiger charge is 2.17. The summed E-state index contributed by atoms with van der Waals surface area (Å²) in [4.78, 5) is 23.2. The van der Waals surface area contributed by atoms with Crippen molar-refractivity contribution in [1.82, 2.24) is 0 Å². The van der Waals surface area contributed by atoms with Gasteiger partial charge in [0.25, 0.3) is 5.91 Å². The number of benzene rings is 2. The molecule has 0 saturated carbocycles. The molecular formula is C19H21NO4S. The van der Waals surface area contributed by atoms with E-state index in [-0.39, 0.29) is 5.56 Å². The Bertz CT molecular complexity index is 789. The Hall–Kier alpha value is -2.47. The fraction of sp³-hybridized carbons (Fsp3) is 0.263. The number of carbonyl (C=O) groups is 2. The second-order valence-electron chi connectivity index (χ2n) is 6.02. The Kier molecular flexibility index (Phi) is 6.09. The van der Waals surface area contributed by atoms with Crippen LogP contribution in [0.3, 0.4) is 0 Å². The fourth-order valence-corrected chi connectivity index (χ4v) is 2.67. The molecule has 5 nitrogen and oxygen atoms in total. The molecule has 2 aromatic carbocycles. The Morgan fingerprint density at radius 2 is 1.88 bits per heavy atom. The van der Waals surface area contributed by atoms with E-state index in [1.54, 1.807) is 12.1 Å². The van der Waals surface area contributed by atoms with Crippen LogP contribution in [0, 0.1) is 6.92 Å². The van der Waals surface area contributed by atoms with E-state index in [1.807, 2.05) is 25.1 Å². The van der Waals surface area contributed by atoms with E-state index in [9.17, 15) is 9.59 Å². The topological polar surface area (TPSA) is 75.6 Å². The molecule has 0 aliphatic heterocycles. The number of ether oxygens (including phenoxy) is 1.